The zero-order chi connectivity index (χ0) is 20.8. The van der Waals surface area contributed by atoms with Crippen LogP contribution in [-0.2, 0) is 4.79 Å². The number of carbonyl (C=O) groups excluding carboxylic acids is 1. The SMILES string of the molecule is CCNC.COc1c(NC=O)cccc1-c1ccc2c(c1)sc1c(N)ncnc12. The molecule has 0 aliphatic heterocycles. The summed E-state index contributed by atoms with van der Waals surface area (Å²) in [5, 5.41) is 6.64. The van der Waals surface area contributed by atoms with Gasteiger partial charge in [0.05, 0.1) is 23.0 Å². The van der Waals surface area contributed by atoms with Crippen molar-refractivity contribution in [2.45, 2.75) is 6.92 Å². The van der Waals surface area contributed by atoms with Gasteiger partial charge < -0.3 is 21.1 Å². The number of hydrogen-bond acceptors (Lipinski definition) is 7. The molecule has 0 saturated carbocycles. The van der Waals surface area contributed by atoms with Crippen molar-refractivity contribution in [3.05, 3.63) is 42.7 Å². The van der Waals surface area contributed by atoms with Crippen LogP contribution in [0.25, 0.3) is 31.4 Å². The Kier molecular flexibility index (Phi) is 6.58. The maximum atomic E-state index is 10.8. The van der Waals surface area contributed by atoms with Crippen molar-refractivity contribution in [2.24, 2.45) is 0 Å². The van der Waals surface area contributed by atoms with Crippen molar-refractivity contribution < 1.29 is 9.53 Å². The van der Waals surface area contributed by atoms with E-state index in [2.05, 4.69) is 33.6 Å². The lowest BCUT2D eigenvalue weighted by Gasteiger charge is -2.13. The van der Waals surface area contributed by atoms with Gasteiger partial charge in [0.2, 0.25) is 6.41 Å². The minimum absolute atomic E-state index is 0.488. The maximum Gasteiger partial charge on any atom is 0.211 e. The number of rotatable bonds is 5. The van der Waals surface area contributed by atoms with Gasteiger partial charge in [-0.05, 0) is 31.3 Å². The van der Waals surface area contributed by atoms with Gasteiger partial charge in [0.25, 0.3) is 0 Å². The number of thiophene rings is 1. The Morgan fingerprint density at radius 2 is 2.03 bits per heavy atom. The Morgan fingerprint density at radius 3 is 2.72 bits per heavy atom. The number of nitrogens with zero attached hydrogens (tertiary/aromatic N) is 2. The molecule has 2 aromatic heterocycles. The molecule has 0 atom stereocenters. The number of nitrogens with two attached hydrogens (primary N) is 1. The van der Waals surface area contributed by atoms with Gasteiger partial charge in [-0.25, -0.2) is 9.97 Å². The molecule has 2 heterocycles. The van der Waals surface area contributed by atoms with Crippen LogP contribution in [0, 0.1) is 0 Å². The minimum Gasteiger partial charge on any atom is -0.494 e. The molecule has 150 valence electrons. The lowest BCUT2D eigenvalue weighted by molar-refractivity contribution is -0.105. The van der Waals surface area contributed by atoms with E-state index < -0.39 is 0 Å². The highest BCUT2D eigenvalue weighted by molar-refractivity contribution is 7.26. The topological polar surface area (TPSA) is 102 Å². The number of methoxy groups -OCH3 is 1. The van der Waals surface area contributed by atoms with Crippen LogP contribution in [0.4, 0.5) is 11.5 Å². The summed E-state index contributed by atoms with van der Waals surface area (Å²) in [6, 6.07) is 11.7. The second-order valence-electron chi connectivity index (χ2n) is 6.11. The third-order valence-electron chi connectivity index (χ3n) is 4.38. The summed E-state index contributed by atoms with van der Waals surface area (Å²) in [6.07, 6.45) is 2.12. The van der Waals surface area contributed by atoms with Gasteiger partial charge in [-0.3, -0.25) is 4.79 Å². The molecule has 0 bridgehead atoms. The van der Waals surface area contributed by atoms with Crippen molar-refractivity contribution in [2.75, 3.05) is 31.8 Å². The van der Waals surface area contributed by atoms with Crippen LogP contribution in [0.1, 0.15) is 6.92 Å². The number of anilines is 2. The molecule has 0 spiro atoms. The molecule has 0 aliphatic carbocycles. The molecule has 4 rings (SSSR count). The number of fused-ring (bicyclic) bond motifs is 3. The van der Waals surface area contributed by atoms with E-state index >= 15 is 0 Å². The van der Waals surface area contributed by atoms with Gasteiger partial charge in [0, 0.05) is 15.6 Å². The number of nitrogens with one attached hydrogen (secondary N) is 2. The van der Waals surface area contributed by atoms with E-state index in [1.54, 1.807) is 24.5 Å². The summed E-state index contributed by atoms with van der Waals surface area (Å²) in [7, 11) is 3.52. The van der Waals surface area contributed by atoms with Crippen molar-refractivity contribution >= 4 is 49.6 Å². The van der Waals surface area contributed by atoms with E-state index in [1.165, 1.54) is 6.33 Å². The highest BCUT2D eigenvalue weighted by Crippen LogP contribution is 2.40. The first-order valence-electron chi connectivity index (χ1n) is 9.09. The molecule has 7 nitrogen and oxygen atoms in total. The molecule has 0 fully saturated rings. The summed E-state index contributed by atoms with van der Waals surface area (Å²) < 4.78 is 7.47. The standard InChI is InChI=1S/C18H14N4O2S.C3H9N/c1-24-16-11(3-2-4-13(16)22-9-23)10-5-6-12-14(7-10)25-17-15(12)20-8-21-18(17)19;1-3-4-2/h2-9H,1H3,(H,22,23)(H2,19,20,21);4H,3H2,1-2H3. The van der Waals surface area contributed by atoms with Crippen molar-refractivity contribution in [1.82, 2.24) is 15.3 Å². The lowest BCUT2D eigenvalue weighted by atomic mass is 10.0. The average molecular weight is 410 g/mol. The number of para-hydroxylation sites is 1. The molecule has 1 amide bonds. The average Bonchev–Trinajstić information content (AvgIpc) is 3.13. The molecule has 29 heavy (non-hydrogen) atoms. The molecular weight excluding hydrogens is 386 g/mol. The number of carbonyl (C=O) groups is 1. The van der Waals surface area contributed by atoms with Crippen molar-refractivity contribution in [3.63, 3.8) is 0 Å². The Labute approximate surface area is 172 Å². The number of hydrogen-bond donors (Lipinski definition) is 3. The van der Waals surface area contributed by atoms with Crippen LogP contribution >= 0.6 is 11.3 Å². The molecule has 0 radical (unpaired) electrons. The molecule has 0 saturated heterocycles. The summed E-state index contributed by atoms with van der Waals surface area (Å²) in [4.78, 5) is 19.2. The predicted molar refractivity (Wildman–Crippen MR) is 121 cm³/mol. The lowest BCUT2D eigenvalue weighted by Crippen LogP contribution is -2.01. The van der Waals surface area contributed by atoms with E-state index in [1.807, 2.05) is 31.3 Å². The summed E-state index contributed by atoms with van der Waals surface area (Å²) >= 11 is 1.56. The Hall–Kier alpha value is -3.23. The first-order chi connectivity index (χ1) is 14.1. The van der Waals surface area contributed by atoms with Crippen LogP contribution in [-0.4, -0.2) is 37.1 Å². The van der Waals surface area contributed by atoms with Gasteiger partial charge >= 0.3 is 0 Å². The normalized spacial score (nSPS) is 10.4. The first-order valence-corrected chi connectivity index (χ1v) is 9.91. The second kappa shape index (κ2) is 9.31. The molecule has 8 heteroatoms. The van der Waals surface area contributed by atoms with E-state index in [4.69, 9.17) is 10.5 Å². The Morgan fingerprint density at radius 1 is 1.24 bits per heavy atom. The second-order valence-corrected chi connectivity index (χ2v) is 7.16. The van der Waals surface area contributed by atoms with E-state index in [-0.39, 0.29) is 0 Å². The summed E-state index contributed by atoms with van der Waals surface area (Å²) in [6.45, 7) is 3.14. The molecule has 2 aromatic carbocycles. The molecule has 0 unspecified atom stereocenters. The minimum atomic E-state index is 0.488. The van der Waals surface area contributed by atoms with Crippen LogP contribution in [0.2, 0.25) is 0 Å². The smallest absolute Gasteiger partial charge is 0.211 e. The first kappa shape index (κ1) is 20.5. The number of aromatic nitrogens is 2. The van der Waals surface area contributed by atoms with E-state index in [0.717, 1.165) is 38.0 Å². The van der Waals surface area contributed by atoms with E-state index in [9.17, 15) is 4.79 Å². The summed E-state index contributed by atoms with van der Waals surface area (Å²) in [5.41, 5.74) is 9.34. The molecule has 4 N–H and O–H groups in total. The van der Waals surface area contributed by atoms with Gasteiger partial charge in [0.15, 0.2) is 0 Å². The molecule has 0 aliphatic rings. The van der Waals surface area contributed by atoms with Crippen LogP contribution in [0.15, 0.2) is 42.7 Å². The van der Waals surface area contributed by atoms with Gasteiger partial charge in [-0.1, -0.05) is 31.2 Å². The largest absolute Gasteiger partial charge is 0.494 e. The zero-order valence-corrected chi connectivity index (χ0v) is 17.3. The fourth-order valence-electron chi connectivity index (χ4n) is 2.92. The quantitative estimate of drug-likeness (QED) is 0.432. The van der Waals surface area contributed by atoms with Gasteiger partial charge in [-0.15, -0.1) is 11.3 Å². The van der Waals surface area contributed by atoms with Crippen molar-refractivity contribution in [3.8, 4) is 16.9 Å². The predicted octanol–water partition coefficient (Wildman–Crippen LogP) is 3.90. The number of ether oxygens (including phenoxy) is 1. The van der Waals surface area contributed by atoms with Crippen molar-refractivity contribution in [1.29, 1.82) is 0 Å². The third-order valence-corrected chi connectivity index (χ3v) is 5.54. The molecular formula is C21H23N5O2S. The zero-order valence-electron chi connectivity index (χ0n) is 16.5. The third kappa shape index (κ3) is 4.13. The number of benzene rings is 2. The summed E-state index contributed by atoms with van der Waals surface area (Å²) in [5.74, 6) is 1.11. The highest BCUT2D eigenvalue weighted by atomic mass is 32.1. The van der Waals surface area contributed by atoms with Gasteiger partial charge in [-0.2, -0.15) is 0 Å². The highest BCUT2D eigenvalue weighted by Gasteiger charge is 2.14. The fraction of sp³-hybridized carbons (Fsp3) is 0.190. The molecule has 4 aromatic rings. The number of amides is 1. The monoisotopic (exact) mass is 409 g/mol. The fourth-order valence-corrected chi connectivity index (χ4v) is 4.02. The van der Waals surface area contributed by atoms with Crippen LogP contribution < -0.4 is 21.1 Å². The van der Waals surface area contributed by atoms with Crippen LogP contribution in [0.5, 0.6) is 5.75 Å². The van der Waals surface area contributed by atoms with Gasteiger partial charge in [0.1, 0.15) is 17.9 Å². The Bertz CT molecular complexity index is 1140. The Balaban J connectivity index is 0.000000552. The maximum absolute atomic E-state index is 10.8. The van der Waals surface area contributed by atoms with E-state index in [0.29, 0.717) is 23.7 Å². The number of nitrogen functional groups attached to an aromatic ring is 1. The van der Waals surface area contributed by atoms with Crippen LogP contribution in [0.3, 0.4) is 0 Å².